The Morgan fingerprint density at radius 1 is 1.47 bits per heavy atom. The van der Waals surface area contributed by atoms with Crippen molar-refractivity contribution in [1.82, 2.24) is 5.06 Å². The fourth-order valence-electron chi connectivity index (χ4n) is 0.824. The monoisotopic (exact) mass is 269 g/mol. The lowest BCUT2D eigenvalue weighted by Crippen LogP contribution is -2.32. The molecule has 1 saturated heterocycles. The van der Waals surface area contributed by atoms with Crippen LogP contribution >= 0.6 is 0 Å². The van der Waals surface area contributed by atoms with E-state index in [1.54, 1.807) is 6.92 Å². The van der Waals surface area contributed by atoms with Gasteiger partial charge >= 0.3 is 5.97 Å². The van der Waals surface area contributed by atoms with Crippen molar-refractivity contribution >= 4 is 27.9 Å². The Labute approximate surface area is 96.3 Å². The molecule has 1 fully saturated rings. The molecule has 0 aromatic carbocycles. The van der Waals surface area contributed by atoms with Crippen molar-refractivity contribution in [3.8, 4) is 0 Å². The highest BCUT2D eigenvalue weighted by atomic mass is 32.2. The smallest absolute Gasteiger partial charge is 0.303 e. The van der Waals surface area contributed by atoms with Crippen LogP contribution in [0.25, 0.3) is 0 Å². The van der Waals surface area contributed by atoms with Gasteiger partial charge in [0.25, 0.3) is 21.9 Å². The predicted octanol–water partition coefficient (Wildman–Crippen LogP) is -1.13. The van der Waals surface area contributed by atoms with Crippen LogP contribution < -0.4 is 0 Å². The number of carboxylic acids is 1. The number of hydrogen-bond donors (Lipinski definition) is 3. The molecule has 0 radical (unpaired) electrons. The van der Waals surface area contributed by atoms with Crippen LogP contribution in [0.1, 0.15) is 19.8 Å². The van der Waals surface area contributed by atoms with Crippen LogP contribution in [0.15, 0.2) is 0 Å². The second kappa shape index (κ2) is 5.70. The molecule has 0 aromatic rings. The number of hydroxylamine groups is 2. The average molecular weight is 269 g/mol. The minimum absolute atomic E-state index is 0.222. The summed E-state index contributed by atoms with van der Waals surface area (Å²) in [5.41, 5.74) is 0. The van der Waals surface area contributed by atoms with Crippen molar-refractivity contribution < 1.29 is 37.7 Å². The van der Waals surface area contributed by atoms with Crippen molar-refractivity contribution in [3.63, 3.8) is 0 Å². The van der Waals surface area contributed by atoms with Gasteiger partial charge in [-0.05, 0) is 0 Å². The molecule has 1 atom stereocenters. The molecule has 0 saturated carbocycles. The van der Waals surface area contributed by atoms with Gasteiger partial charge in [-0.1, -0.05) is 6.92 Å². The van der Waals surface area contributed by atoms with E-state index in [2.05, 4.69) is 0 Å². The number of hydrogen-bond acceptors (Lipinski definition) is 6. The molecule has 0 bridgehead atoms. The number of amides is 2. The minimum Gasteiger partial charge on any atom is -0.481 e. The van der Waals surface area contributed by atoms with E-state index in [1.165, 1.54) is 0 Å². The van der Waals surface area contributed by atoms with Gasteiger partial charge in [-0.2, -0.15) is 13.5 Å². The Balaban J connectivity index is 0.000000437. The van der Waals surface area contributed by atoms with Crippen molar-refractivity contribution in [2.24, 2.45) is 0 Å². The third-order valence-electron chi connectivity index (χ3n) is 1.74. The van der Waals surface area contributed by atoms with Crippen LogP contribution in [0.2, 0.25) is 0 Å². The maximum absolute atomic E-state index is 10.7. The number of aliphatic carboxylic acids is 1. The fraction of sp³-hybridized carbons (Fsp3) is 0.571. The van der Waals surface area contributed by atoms with E-state index in [1.807, 2.05) is 0 Å². The van der Waals surface area contributed by atoms with Gasteiger partial charge in [0.1, 0.15) is 0 Å². The van der Waals surface area contributed by atoms with Gasteiger partial charge in [0.05, 0.1) is 6.42 Å². The Kier molecular flexibility index (Phi) is 5.19. The number of carbonyl (C=O) groups is 3. The minimum atomic E-state index is -4.59. The van der Waals surface area contributed by atoms with Crippen molar-refractivity contribution in [2.75, 3.05) is 0 Å². The maximum atomic E-state index is 10.7. The van der Waals surface area contributed by atoms with Crippen molar-refractivity contribution in [1.29, 1.82) is 0 Å². The summed E-state index contributed by atoms with van der Waals surface area (Å²) in [6.45, 7) is 1.60. The lowest BCUT2D eigenvalue weighted by molar-refractivity contribution is -0.171. The van der Waals surface area contributed by atoms with Crippen LogP contribution in [0.5, 0.6) is 0 Å². The molecule has 1 aliphatic rings. The highest BCUT2D eigenvalue weighted by molar-refractivity contribution is 7.87. The zero-order chi connectivity index (χ0) is 13.8. The lowest BCUT2D eigenvalue weighted by atomic mass is 10.4. The molecule has 10 heteroatoms. The summed E-state index contributed by atoms with van der Waals surface area (Å²) in [5, 5.41) is 14.1. The van der Waals surface area contributed by atoms with Crippen LogP contribution in [-0.2, 0) is 24.5 Å². The van der Waals surface area contributed by atoms with E-state index in [0.29, 0.717) is 0 Å². The summed E-state index contributed by atoms with van der Waals surface area (Å²) in [5.74, 6) is -3.10. The van der Waals surface area contributed by atoms with Gasteiger partial charge in [0.15, 0.2) is 5.25 Å². The number of carboxylic acid groups (broad SMARTS) is 1. The highest BCUT2D eigenvalue weighted by Crippen LogP contribution is 2.16. The fourth-order valence-corrected chi connectivity index (χ4v) is 1.53. The molecule has 1 rings (SSSR count). The molecule has 98 valence electrons. The van der Waals surface area contributed by atoms with Crippen LogP contribution in [0.4, 0.5) is 0 Å². The van der Waals surface area contributed by atoms with Gasteiger partial charge in [-0.15, -0.1) is 0 Å². The number of rotatable bonds is 2. The normalized spacial score (nSPS) is 19.9. The Hall–Kier alpha value is -1.52. The number of nitrogens with zero attached hydrogens (tertiary/aromatic N) is 1. The summed E-state index contributed by atoms with van der Waals surface area (Å²) in [7, 11) is -4.59. The van der Waals surface area contributed by atoms with Crippen LogP contribution in [-0.4, -0.2) is 51.4 Å². The summed E-state index contributed by atoms with van der Waals surface area (Å²) >= 11 is 0. The molecule has 1 heterocycles. The molecular formula is C7H11NO8S. The van der Waals surface area contributed by atoms with E-state index in [0.717, 1.165) is 0 Å². The summed E-state index contributed by atoms with van der Waals surface area (Å²) in [4.78, 5) is 30.6. The first-order valence-electron chi connectivity index (χ1n) is 4.35. The summed E-state index contributed by atoms with van der Waals surface area (Å²) in [6, 6.07) is 0. The van der Waals surface area contributed by atoms with E-state index in [-0.39, 0.29) is 11.5 Å². The molecular weight excluding hydrogens is 258 g/mol. The van der Waals surface area contributed by atoms with Crippen LogP contribution in [0, 0.1) is 0 Å². The molecule has 1 aliphatic heterocycles. The van der Waals surface area contributed by atoms with Gasteiger partial charge in [-0.3, -0.25) is 24.1 Å². The molecule has 0 aliphatic carbocycles. The first kappa shape index (κ1) is 15.5. The van der Waals surface area contributed by atoms with Gasteiger partial charge in [-0.25, -0.2) is 0 Å². The SMILES string of the molecule is CCC(=O)O.O=C1CC(S(=O)(=O)O)C(=O)N1O. The molecule has 0 spiro atoms. The summed E-state index contributed by atoms with van der Waals surface area (Å²) < 4.78 is 29.1. The Morgan fingerprint density at radius 2 is 1.88 bits per heavy atom. The predicted molar refractivity (Wildman–Crippen MR) is 51.5 cm³/mol. The highest BCUT2D eigenvalue weighted by Gasteiger charge is 2.45. The summed E-state index contributed by atoms with van der Waals surface area (Å²) in [6.07, 6.45) is -0.492. The third kappa shape index (κ3) is 4.46. The number of carbonyl (C=O) groups excluding carboxylic acids is 2. The Bertz CT molecular complexity index is 427. The van der Waals surface area contributed by atoms with Crippen molar-refractivity contribution in [2.45, 2.75) is 25.0 Å². The topological polar surface area (TPSA) is 149 Å². The van der Waals surface area contributed by atoms with Crippen LogP contribution in [0.3, 0.4) is 0 Å². The molecule has 17 heavy (non-hydrogen) atoms. The second-order valence-corrected chi connectivity index (χ2v) is 4.60. The molecule has 2 amide bonds. The van der Waals surface area contributed by atoms with E-state index in [9.17, 15) is 22.8 Å². The Morgan fingerprint density at radius 3 is 2.00 bits per heavy atom. The quantitative estimate of drug-likeness (QED) is 0.324. The molecule has 3 N–H and O–H groups in total. The zero-order valence-electron chi connectivity index (χ0n) is 8.73. The second-order valence-electron chi connectivity index (χ2n) is 3.00. The first-order valence-corrected chi connectivity index (χ1v) is 5.85. The van der Waals surface area contributed by atoms with Gasteiger partial charge in [0.2, 0.25) is 0 Å². The largest absolute Gasteiger partial charge is 0.481 e. The standard InChI is InChI=1S/C4H5NO6S.C3H6O2/c6-3-1-2(12(9,10)11)4(7)5(3)8;1-2-3(4)5/h2,8H,1H2,(H,9,10,11);2H2,1H3,(H,4,5). The lowest BCUT2D eigenvalue weighted by Gasteiger charge is -2.02. The molecule has 9 nitrogen and oxygen atoms in total. The first-order chi connectivity index (χ1) is 7.61. The number of imide groups is 1. The maximum Gasteiger partial charge on any atom is 0.303 e. The van der Waals surface area contributed by atoms with E-state index in [4.69, 9.17) is 14.9 Å². The van der Waals surface area contributed by atoms with Gasteiger partial charge in [0, 0.05) is 6.42 Å². The third-order valence-corrected chi connectivity index (χ3v) is 2.83. The molecule has 0 aromatic heterocycles. The van der Waals surface area contributed by atoms with E-state index < -0.39 is 39.6 Å². The van der Waals surface area contributed by atoms with Gasteiger partial charge < -0.3 is 5.11 Å². The zero-order valence-corrected chi connectivity index (χ0v) is 9.55. The average Bonchev–Trinajstić information content (AvgIpc) is 2.46. The van der Waals surface area contributed by atoms with E-state index >= 15 is 0 Å². The molecule has 1 unspecified atom stereocenters. The van der Waals surface area contributed by atoms with Crippen molar-refractivity contribution in [3.05, 3.63) is 0 Å².